The molecule has 2 aliphatic rings. The Bertz CT molecular complexity index is 502. The van der Waals surface area contributed by atoms with Crippen molar-refractivity contribution in [3.63, 3.8) is 0 Å². The predicted octanol–water partition coefficient (Wildman–Crippen LogP) is 3.62. The highest BCUT2D eigenvalue weighted by molar-refractivity contribution is 5.77. The number of amides is 1. The van der Waals surface area contributed by atoms with Gasteiger partial charge in [-0.15, -0.1) is 0 Å². The molecular weight excluding hydrogens is 262 g/mol. The fourth-order valence-electron chi connectivity index (χ4n) is 3.01. The van der Waals surface area contributed by atoms with E-state index in [1.807, 2.05) is 17.0 Å². The summed E-state index contributed by atoms with van der Waals surface area (Å²) < 4.78 is 5.70. The van der Waals surface area contributed by atoms with Crippen LogP contribution in [0.25, 0.3) is 0 Å². The van der Waals surface area contributed by atoms with Gasteiger partial charge in [0.15, 0.2) is 0 Å². The predicted molar refractivity (Wildman–Crippen MR) is 83.1 cm³/mol. The van der Waals surface area contributed by atoms with Gasteiger partial charge in [0.1, 0.15) is 5.75 Å². The highest BCUT2D eigenvalue weighted by Gasteiger charge is 2.47. The molecule has 21 heavy (non-hydrogen) atoms. The minimum absolute atomic E-state index is 0.313. The third-order valence-corrected chi connectivity index (χ3v) is 4.59. The minimum atomic E-state index is 0.313. The van der Waals surface area contributed by atoms with E-state index in [0.717, 1.165) is 38.3 Å². The smallest absolute Gasteiger partial charge is 0.222 e. The van der Waals surface area contributed by atoms with Gasteiger partial charge in [0.05, 0.1) is 6.61 Å². The highest BCUT2D eigenvalue weighted by atomic mass is 16.5. The molecule has 3 heteroatoms. The molecule has 114 valence electrons. The quantitative estimate of drug-likeness (QED) is 0.827. The van der Waals surface area contributed by atoms with Gasteiger partial charge >= 0.3 is 0 Å². The van der Waals surface area contributed by atoms with Crippen molar-refractivity contribution in [2.45, 2.75) is 46.1 Å². The van der Waals surface area contributed by atoms with Gasteiger partial charge in [-0.2, -0.15) is 0 Å². The van der Waals surface area contributed by atoms with Crippen molar-refractivity contribution in [2.24, 2.45) is 11.3 Å². The van der Waals surface area contributed by atoms with Gasteiger partial charge < -0.3 is 9.64 Å². The van der Waals surface area contributed by atoms with E-state index in [9.17, 15) is 4.79 Å². The van der Waals surface area contributed by atoms with E-state index in [1.165, 1.54) is 18.4 Å². The second-order valence-electron chi connectivity index (χ2n) is 7.10. The fourth-order valence-corrected chi connectivity index (χ4v) is 3.01. The molecule has 1 saturated carbocycles. The number of benzene rings is 1. The Morgan fingerprint density at radius 2 is 1.90 bits per heavy atom. The van der Waals surface area contributed by atoms with E-state index in [2.05, 4.69) is 26.0 Å². The van der Waals surface area contributed by atoms with Crippen LogP contribution in [0.15, 0.2) is 24.3 Å². The lowest BCUT2D eigenvalue weighted by Crippen LogP contribution is -2.40. The maximum absolute atomic E-state index is 12.1. The summed E-state index contributed by atoms with van der Waals surface area (Å²) >= 11 is 0. The van der Waals surface area contributed by atoms with Crippen LogP contribution in [0.3, 0.4) is 0 Å². The minimum Gasteiger partial charge on any atom is -0.493 e. The average molecular weight is 287 g/mol. The molecular formula is C18H25NO2. The molecule has 3 nitrogen and oxygen atoms in total. The zero-order valence-electron chi connectivity index (χ0n) is 13.1. The molecule has 0 atom stereocenters. The van der Waals surface area contributed by atoms with Gasteiger partial charge in [-0.1, -0.05) is 26.0 Å². The van der Waals surface area contributed by atoms with Gasteiger partial charge in [-0.25, -0.2) is 0 Å². The first-order valence-corrected chi connectivity index (χ1v) is 8.06. The van der Waals surface area contributed by atoms with E-state index in [4.69, 9.17) is 4.74 Å². The molecule has 1 heterocycles. The Kier molecular flexibility index (Phi) is 3.92. The largest absolute Gasteiger partial charge is 0.493 e. The van der Waals surface area contributed by atoms with Crippen molar-refractivity contribution in [3.8, 4) is 5.75 Å². The second kappa shape index (κ2) is 5.70. The van der Waals surface area contributed by atoms with Crippen molar-refractivity contribution >= 4 is 5.91 Å². The SMILES string of the molecule is CC(C)COc1ccc(CN2CC3(CCC2=O)CC3)cc1. The summed E-state index contributed by atoms with van der Waals surface area (Å²) in [6.45, 7) is 6.73. The van der Waals surface area contributed by atoms with Crippen LogP contribution < -0.4 is 4.74 Å². The summed E-state index contributed by atoms with van der Waals surface area (Å²) in [7, 11) is 0. The Balaban J connectivity index is 1.58. The van der Waals surface area contributed by atoms with Crippen LogP contribution in [0.4, 0.5) is 0 Å². The first-order valence-electron chi connectivity index (χ1n) is 8.06. The number of carbonyl (C=O) groups is 1. The third kappa shape index (κ3) is 3.58. The third-order valence-electron chi connectivity index (χ3n) is 4.59. The zero-order chi connectivity index (χ0) is 14.9. The molecule has 0 unspecified atom stereocenters. The summed E-state index contributed by atoms with van der Waals surface area (Å²) in [4.78, 5) is 14.1. The standard InChI is InChI=1S/C18H25NO2/c1-14(2)12-21-16-5-3-15(4-6-16)11-19-13-18(9-10-18)8-7-17(19)20/h3-6,14H,7-13H2,1-2H3. The number of likely N-dealkylation sites (tertiary alicyclic amines) is 1. The zero-order valence-corrected chi connectivity index (χ0v) is 13.1. The molecule has 1 aromatic rings. The van der Waals surface area contributed by atoms with Gasteiger partial charge in [0.2, 0.25) is 5.91 Å². The summed E-state index contributed by atoms with van der Waals surface area (Å²) in [5.41, 5.74) is 1.67. The van der Waals surface area contributed by atoms with Crippen LogP contribution in [0.5, 0.6) is 5.75 Å². The molecule has 0 aromatic heterocycles. The molecule has 1 spiro atoms. The number of ether oxygens (including phenoxy) is 1. The molecule has 0 N–H and O–H groups in total. The molecule has 0 bridgehead atoms. The van der Waals surface area contributed by atoms with Gasteiger partial charge in [0, 0.05) is 19.5 Å². The van der Waals surface area contributed by atoms with E-state index >= 15 is 0 Å². The van der Waals surface area contributed by atoms with Crippen LogP contribution in [0.1, 0.15) is 45.1 Å². The lowest BCUT2D eigenvalue weighted by Gasteiger charge is -2.33. The van der Waals surface area contributed by atoms with Crippen molar-refractivity contribution in [2.75, 3.05) is 13.2 Å². The number of nitrogens with zero attached hydrogens (tertiary/aromatic N) is 1. The van der Waals surface area contributed by atoms with Crippen LogP contribution in [-0.4, -0.2) is 24.0 Å². The summed E-state index contributed by atoms with van der Waals surface area (Å²) in [6.07, 6.45) is 4.44. The number of rotatable bonds is 5. The molecule has 1 saturated heterocycles. The van der Waals surface area contributed by atoms with E-state index in [-0.39, 0.29) is 0 Å². The summed E-state index contributed by atoms with van der Waals surface area (Å²) in [5, 5.41) is 0. The maximum Gasteiger partial charge on any atom is 0.222 e. The molecule has 3 rings (SSSR count). The number of hydrogen-bond donors (Lipinski definition) is 0. The van der Waals surface area contributed by atoms with E-state index in [0.29, 0.717) is 17.2 Å². The Hall–Kier alpha value is -1.51. The monoisotopic (exact) mass is 287 g/mol. The molecule has 1 aliphatic carbocycles. The van der Waals surface area contributed by atoms with E-state index in [1.54, 1.807) is 0 Å². The summed E-state index contributed by atoms with van der Waals surface area (Å²) in [5.74, 6) is 1.76. The molecule has 1 aromatic carbocycles. The lowest BCUT2D eigenvalue weighted by atomic mass is 9.94. The normalized spacial score (nSPS) is 20.1. The van der Waals surface area contributed by atoms with Crippen molar-refractivity contribution in [1.82, 2.24) is 4.90 Å². The molecule has 1 aliphatic heterocycles. The lowest BCUT2D eigenvalue weighted by molar-refractivity contribution is -0.136. The van der Waals surface area contributed by atoms with Gasteiger partial charge in [0.25, 0.3) is 0 Å². The van der Waals surface area contributed by atoms with Crippen LogP contribution >= 0.6 is 0 Å². The van der Waals surface area contributed by atoms with Crippen molar-refractivity contribution < 1.29 is 9.53 Å². The molecule has 1 amide bonds. The summed E-state index contributed by atoms with van der Waals surface area (Å²) in [6, 6.07) is 8.19. The van der Waals surface area contributed by atoms with Crippen LogP contribution in [-0.2, 0) is 11.3 Å². The van der Waals surface area contributed by atoms with Gasteiger partial charge in [-0.05, 0) is 48.3 Å². The number of piperidine rings is 1. The first-order chi connectivity index (χ1) is 10.1. The molecule has 0 radical (unpaired) electrons. The number of hydrogen-bond acceptors (Lipinski definition) is 2. The maximum atomic E-state index is 12.1. The van der Waals surface area contributed by atoms with E-state index < -0.39 is 0 Å². The highest BCUT2D eigenvalue weighted by Crippen LogP contribution is 2.52. The van der Waals surface area contributed by atoms with Crippen molar-refractivity contribution in [3.05, 3.63) is 29.8 Å². The fraction of sp³-hybridized carbons (Fsp3) is 0.611. The van der Waals surface area contributed by atoms with Crippen LogP contribution in [0.2, 0.25) is 0 Å². The topological polar surface area (TPSA) is 29.5 Å². The number of carbonyl (C=O) groups excluding carboxylic acids is 1. The molecule has 2 fully saturated rings. The first kappa shape index (κ1) is 14.4. The van der Waals surface area contributed by atoms with Crippen molar-refractivity contribution in [1.29, 1.82) is 0 Å². The van der Waals surface area contributed by atoms with Crippen LogP contribution in [0, 0.1) is 11.3 Å². The van der Waals surface area contributed by atoms with Gasteiger partial charge in [-0.3, -0.25) is 4.79 Å². The second-order valence-corrected chi connectivity index (χ2v) is 7.10. The Morgan fingerprint density at radius 3 is 2.52 bits per heavy atom. The Morgan fingerprint density at radius 1 is 1.19 bits per heavy atom. The average Bonchev–Trinajstić information content (AvgIpc) is 3.22. The Labute approximate surface area is 127 Å².